The van der Waals surface area contributed by atoms with Crippen molar-refractivity contribution in [2.24, 2.45) is 11.8 Å². The van der Waals surface area contributed by atoms with Crippen molar-refractivity contribution in [2.75, 3.05) is 6.61 Å². The normalized spacial score (nSPS) is 27.2. The maximum atomic E-state index is 13.4. The summed E-state index contributed by atoms with van der Waals surface area (Å²) >= 11 is 0. The lowest BCUT2D eigenvalue weighted by Gasteiger charge is -2.47. The predicted molar refractivity (Wildman–Crippen MR) is 115 cm³/mol. The summed E-state index contributed by atoms with van der Waals surface area (Å²) in [5.41, 5.74) is 0.669. The first kappa shape index (κ1) is 17.9. The fraction of sp³-hybridized carbons (Fsp3) is 0.423. The van der Waals surface area contributed by atoms with Gasteiger partial charge in [-0.15, -0.1) is 0 Å². The van der Waals surface area contributed by atoms with E-state index >= 15 is 0 Å². The Balaban J connectivity index is 1.47. The second kappa shape index (κ2) is 7.00. The summed E-state index contributed by atoms with van der Waals surface area (Å²) in [6.45, 7) is 2.42. The summed E-state index contributed by atoms with van der Waals surface area (Å²) in [7, 11) is 0. The van der Waals surface area contributed by atoms with E-state index in [2.05, 4.69) is 37.3 Å². The zero-order chi connectivity index (χ0) is 19.1. The standard InChI is InChI=1S/C26H28O2/c1-26(14-13-18-7-6-10-21(26)15-18)28-17-24(27)25-22-11-4-2-8-19(22)16-20-9-3-5-12-23(20)25/h2-5,8-9,11-12,16,18,21H,6-7,10,13-15,17H2,1H3/t18-,21-,26-/m0/s1. The van der Waals surface area contributed by atoms with Crippen molar-refractivity contribution in [3.05, 3.63) is 60.2 Å². The van der Waals surface area contributed by atoms with E-state index in [1.807, 2.05) is 24.3 Å². The molecule has 0 amide bonds. The largest absolute Gasteiger partial charge is 0.367 e. The molecule has 0 radical (unpaired) electrons. The molecule has 0 unspecified atom stereocenters. The van der Waals surface area contributed by atoms with Crippen LogP contribution in [0.2, 0.25) is 0 Å². The number of ketones is 1. The number of fused-ring (bicyclic) bond motifs is 4. The van der Waals surface area contributed by atoms with Crippen LogP contribution in [0.3, 0.4) is 0 Å². The molecule has 2 bridgehead atoms. The van der Waals surface area contributed by atoms with Gasteiger partial charge in [0, 0.05) is 5.56 Å². The van der Waals surface area contributed by atoms with E-state index in [-0.39, 0.29) is 18.0 Å². The van der Waals surface area contributed by atoms with Gasteiger partial charge in [0.15, 0.2) is 5.78 Å². The lowest BCUT2D eigenvalue weighted by molar-refractivity contribution is -0.108. The van der Waals surface area contributed by atoms with E-state index < -0.39 is 0 Å². The van der Waals surface area contributed by atoms with Crippen molar-refractivity contribution in [3.8, 4) is 0 Å². The Labute approximate surface area is 166 Å². The van der Waals surface area contributed by atoms with Crippen LogP contribution in [0.15, 0.2) is 54.6 Å². The molecule has 0 aliphatic heterocycles. The molecule has 3 aromatic rings. The average molecular weight is 373 g/mol. The fourth-order valence-electron chi connectivity index (χ4n) is 5.61. The van der Waals surface area contributed by atoms with Crippen molar-refractivity contribution in [1.29, 1.82) is 0 Å². The van der Waals surface area contributed by atoms with Gasteiger partial charge in [0.25, 0.3) is 0 Å². The minimum atomic E-state index is -0.146. The summed E-state index contributed by atoms with van der Waals surface area (Å²) in [6.07, 6.45) is 7.56. The average Bonchev–Trinajstić information content (AvgIpc) is 2.74. The second-order valence-electron chi connectivity index (χ2n) is 8.99. The third kappa shape index (κ3) is 3.04. The number of carbonyl (C=O) groups is 1. The molecule has 0 aromatic heterocycles. The quantitative estimate of drug-likeness (QED) is 0.383. The van der Waals surface area contributed by atoms with Gasteiger partial charge in [0.1, 0.15) is 6.61 Å². The summed E-state index contributed by atoms with van der Waals surface area (Å²) in [5, 5.41) is 4.29. The highest BCUT2D eigenvalue weighted by atomic mass is 16.5. The van der Waals surface area contributed by atoms with Crippen LogP contribution in [0.25, 0.3) is 21.5 Å². The van der Waals surface area contributed by atoms with E-state index in [4.69, 9.17) is 4.74 Å². The first-order valence-corrected chi connectivity index (χ1v) is 10.7. The van der Waals surface area contributed by atoms with Crippen molar-refractivity contribution in [2.45, 2.75) is 51.0 Å². The molecule has 3 atom stereocenters. The van der Waals surface area contributed by atoms with E-state index in [0.29, 0.717) is 5.92 Å². The minimum absolute atomic E-state index is 0.104. The highest BCUT2D eigenvalue weighted by molar-refractivity contribution is 6.19. The maximum Gasteiger partial charge on any atom is 0.189 e. The Kier molecular flexibility index (Phi) is 4.47. The van der Waals surface area contributed by atoms with E-state index in [0.717, 1.165) is 39.4 Å². The fourth-order valence-corrected chi connectivity index (χ4v) is 5.61. The zero-order valence-corrected chi connectivity index (χ0v) is 16.6. The SMILES string of the molecule is C[C@]1(OCC(=O)c2c3ccccc3cc3ccccc23)CC[C@@H]2CCC[C@H]1C2. The van der Waals surface area contributed by atoms with Gasteiger partial charge in [-0.05, 0) is 72.1 Å². The summed E-state index contributed by atoms with van der Waals surface area (Å²) in [5.74, 6) is 1.59. The lowest BCUT2D eigenvalue weighted by Crippen LogP contribution is -2.45. The molecule has 0 spiro atoms. The Morgan fingerprint density at radius 1 is 1.00 bits per heavy atom. The third-order valence-corrected chi connectivity index (χ3v) is 7.28. The number of Topliss-reactive ketones (excluding diaryl/α,β-unsaturated/α-hetero) is 1. The van der Waals surface area contributed by atoms with Crippen LogP contribution in [0, 0.1) is 11.8 Å². The molecule has 144 valence electrons. The number of carbonyl (C=O) groups excluding carboxylic acids is 1. The number of rotatable bonds is 4. The number of hydrogen-bond donors (Lipinski definition) is 0. The lowest BCUT2D eigenvalue weighted by atomic mass is 9.65. The number of ether oxygens (including phenoxy) is 1. The van der Waals surface area contributed by atoms with Crippen molar-refractivity contribution < 1.29 is 9.53 Å². The molecule has 0 saturated heterocycles. The van der Waals surface area contributed by atoms with Gasteiger partial charge in [0.2, 0.25) is 0 Å². The van der Waals surface area contributed by atoms with Crippen molar-refractivity contribution >= 4 is 27.3 Å². The maximum absolute atomic E-state index is 13.4. The molecular formula is C26H28O2. The monoisotopic (exact) mass is 372 g/mol. The molecule has 28 heavy (non-hydrogen) atoms. The van der Waals surface area contributed by atoms with E-state index in [9.17, 15) is 4.79 Å². The second-order valence-corrected chi connectivity index (χ2v) is 8.99. The van der Waals surface area contributed by atoms with Gasteiger partial charge < -0.3 is 4.74 Å². The Bertz CT molecular complexity index is 983. The molecule has 2 aliphatic rings. The van der Waals surface area contributed by atoms with Gasteiger partial charge in [-0.3, -0.25) is 4.79 Å². The van der Waals surface area contributed by atoms with Gasteiger partial charge in [-0.2, -0.15) is 0 Å². The Morgan fingerprint density at radius 3 is 2.39 bits per heavy atom. The van der Waals surface area contributed by atoms with Crippen LogP contribution in [0.1, 0.15) is 55.8 Å². The summed E-state index contributed by atoms with van der Waals surface area (Å²) < 4.78 is 6.42. The van der Waals surface area contributed by atoms with E-state index in [1.165, 1.54) is 32.1 Å². The van der Waals surface area contributed by atoms with E-state index in [1.54, 1.807) is 0 Å². The predicted octanol–water partition coefficient (Wildman–Crippen LogP) is 6.55. The highest BCUT2D eigenvalue weighted by Crippen LogP contribution is 2.47. The van der Waals surface area contributed by atoms with Gasteiger partial charge >= 0.3 is 0 Å². The Hall–Kier alpha value is -2.19. The zero-order valence-electron chi connectivity index (χ0n) is 16.6. The smallest absolute Gasteiger partial charge is 0.189 e. The van der Waals surface area contributed by atoms with Crippen LogP contribution < -0.4 is 0 Å². The topological polar surface area (TPSA) is 26.3 Å². The molecule has 2 saturated carbocycles. The minimum Gasteiger partial charge on any atom is -0.367 e. The van der Waals surface area contributed by atoms with Crippen LogP contribution in [0.4, 0.5) is 0 Å². The van der Waals surface area contributed by atoms with Crippen molar-refractivity contribution in [3.63, 3.8) is 0 Å². The molecule has 3 aromatic carbocycles. The van der Waals surface area contributed by atoms with Gasteiger partial charge in [-0.1, -0.05) is 61.4 Å². The third-order valence-electron chi connectivity index (χ3n) is 7.28. The molecule has 0 N–H and O–H groups in total. The van der Waals surface area contributed by atoms with Gasteiger partial charge in [-0.25, -0.2) is 0 Å². The molecule has 5 rings (SSSR count). The van der Waals surface area contributed by atoms with Gasteiger partial charge in [0.05, 0.1) is 5.60 Å². The first-order valence-electron chi connectivity index (χ1n) is 10.7. The number of benzene rings is 3. The van der Waals surface area contributed by atoms with Crippen LogP contribution in [0.5, 0.6) is 0 Å². The van der Waals surface area contributed by atoms with Crippen LogP contribution >= 0.6 is 0 Å². The molecular weight excluding hydrogens is 344 g/mol. The van der Waals surface area contributed by atoms with Crippen LogP contribution in [-0.4, -0.2) is 18.0 Å². The number of hydrogen-bond acceptors (Lipinski definition) is 2. The molecule has 2 aliphatic carbocycles. The summed E-state index contributed by atoms with van der Waals surface area (Å²) in [6, 6.07) is 18.6. The molecule has 2 heteroatoms. The first-order chi connectivity index (χ1) is 13.6. The molecule has 2 nitrogen and oxygen atoms in total. The van der Waals surface area contributed by atoms with Crippen molar-refractivity contribution in [1.82, 2.24) is 0 Å². The summed E-state index contributed by atoms with van der Waals surface area (Å²) in [4.78, 5) is 13.4. The highest BCUT2D eigenvalue weighted by Gasteiger charge is 2.42. The Morgan fingerprint density at radius 2 is 1.68 bits per heavy atom. The van der Waals surface area contributed by atoms with Crippen LogP contribution in [-0.2, 0) is 4.74 Å². The molecule has 0 heterocycles. The molecule has 2 fully saturated rings.